The summed E-state index contributed by atoms with van der Waals surface area (Å²) in [6.07, 6.45) is 31.9. The highest BCUT2D eigenvalue weighted by Crippen LogP contribution is 2.53. The molecule has 2 fully saturated rings. The van der Waals surface area contributed by atoms with Gasteiger partial charge in [-0.25, -0.2) is 0 Å². The molecule has 10 nitrogen and oxygen atoms in total. The van der Waals surface area contributed by atoms with Gasteiger partial charge in [-0.3, -0.25) is 0 Å². The summed E-state index contributed by atoms with van der Waals surface area (Å²) in [5.74, 6) is 4.52. The zero-order chi connectivity index (χ0) is 102. The number of aryl methyl sites for hydroxylation is 5. The fourth-order valence-corrected chi connectivity index (χ4v) is 24.5. The van der Waals surface area contributed by atoms with Crippen LogP contribution in [-0.4, -0.2) is 22.8 Å². The first kappa shape index (κ1) is 90.1. The maximum absolute atomic E-state index is 9.47. The van der Waals surface area contributed by atoms with Crippen molar-refractivity contribution in [2.24, 2.45) is 11.8 Å². The lowest BCUT2D eigenvalue weighted by Crippen LogP contribution is -2.40. The largest absolute Gasteiger partial charge is 0.299 e. The van der Waals surface area contributed by atoms with Gasteiger partial charge in [0, 0.05) is 50.5 Å². The Balaban J connectivity index is 0.000000105. The average Bonchev–Trinajstić information content (AvgIpc) is 1.53. The molecular formula is C135H129N10+5. The van der Waals surface area contributed by atoms with Gasteiger partial charge in [-0.2, -0.15) is 45.7 Å². The molecule has 10 heterocycles. The van der Waals surface area contributed by atoms with Gasteiger partial charge in [0.25, 0.3) is 29.1 Å². The number of imidazole rings is 5. The van der Waals surface area contributed by atoms with Crippen molar-refractivity contribution < 1.29 is 26.9 Å². The summed E-state index contributed by atoms with van der Waals surface area (Å²) in [7, 11) is 0. The Kier molecular flexibility index (Phi) is 25.1. The minimum absolute atomic E-state index is 0.0840. The van der Waals surface area contributed by atoms with Gasteiger partial charge in [0.2, 0.25) is 0 Å². The van der Waals surface area contributed by atoms with Crippen molar-refractivity contribution in [3.63, 3.8) is 0 Å². The SMILES string of the molecule is Cc1ccccc1-n1c(C)c2[n+](c1-c1ccccc1)C=CC2(c1ccccc1)C1CCCC1.Cc1ccccc1-n1c(C)c2[n+](c1-c1ccccc1)C=CC2(c1ccccc1)c1ccccc1.[2H]C1(C)C=Cn2c1c(C)[n+](-c1ccccc1C)c2-c1ccccc1.[2H]C1(C2CCCC2)C=Cn2c1c(C)[n+](-c1ccccc1C)c2-c1ccccc1.[2H]C1(c2ccccc2)C=Cn2c1c(C)[n+](-c1ccccc1C)c2-c1ccccc1. The fraction of sp³-hybridized carbons (Fsp3) is 0.193. The van der Waals surface area contributed by atoms with Gasteiger partial charge in [-0.15, -0.1) is 0 Å². The second-order valence-electron chi connectivity index (χ2n) is 39.8. The predicted octanol–water partition coefficient (Wildman–Crippen LogP) is 30.0. The molecule has 26 rings (SSSR count). The number of benzene rings is 14. The molecule has 0 amide bonds. The van der Waals surface area contributed by atoms with Crippen molar-refractivity contribution in [3.8, 4) is 85.4 Å². The van der Waals surface area contributed by atoms with Gasteiger partial charge in [-0.1, -0.05) is 336 Å². The molecule has 0 bridgehead atoms. The molecule has 14 aromatic carbocycles. The van der Waals surface area contributed by atoms with E-state index in [-0.39, 0.29) is 10.8 Å². The normalized spacial score (nSPS) is 18.5. The van der Waals surface area contributed by atoms with Gasteiger partial charge in [0.05, 0.1) is 70.1 Å². The highest BCUT2D eigenvalue weighted by atomic mass is 15.2. The topological polar surface area (TPSA) is 44.0 Å². The van der Waals surface area contributed by atoms with Gasteiger partial charge in [0.1, 0.15) is 45.2 Å². The Bertz CT molecular complexity index is 8260. The first-order valence-corrected chi connectivity index (χ1v) is 51.8. The molecule has 0 N–H and O–H groups in total. The van der Waals surface area contributed by atoms with Crippen LogP contribution in [0.3, 0.4) is 0 Å². The van der Waals surface area contributed by atoms with Crippen LogP contribution in [0, 0.1) is 81.1 Å². The first-order chi connectivity index (χ1) is 72.2. The van der Waals surface area contributed by atoms with Gasteiger partial charge >= 0.3 is 0 Å². The molecule has 0 saturated heterocycles. The maximum atomic E-state index is 9.47. The molecule has 4 unspecified atom stereocenters. The Morgan fingerprint density at radius 2 is 0.607 bits per heavy atom. The maximum Gasteiger partial charge on any atom is 0.299 e. The number of hydrogen-bond acceptors (Lipinski definition) is 0. The highest BCUT2D eigenvalue weighted by Gasteiger charge is 2.54. The standard InChI is InChI=1S/C32H27N2.C31H31N2.C26H23N2.C25H27N2.C21H21N2/c1-24-14-12-13-21-29(24)34-25(2)30-32(27-17-8-4-9-18-27,28-19-10-5-11-20-28)22-23-33(30)31(34)26-15-6-3-7-16-26;1-23-13-9-12-20-28(23)33-24(2)29-31(27-18-10-11-19-27,26-16-7-4-8-17-26)21-22-32(29)30(33)25-14-5-3-6-15-25;1-19-11-9-10-16-24(19)28-20(2)25-23(21-12-5-3-6-13-21)17-18-27(25)26(28)22-14-7-4-8-15-22;1-18-10-6-9-15-23(18)27-19(2)24-22(20-11-7-8-12-20)16-17-26(24)25(27)21-13-4-3-5-14-21;1-15-9-7-8-12-19(15)23-17(3)20-16(2)13-14-22(20)21(23)18-10-5-4-6-11-18/h3-23H,1-2H3;3-9,12-17,20-22,27H,10-11,18-19H2,1-2H3;3-18,23H,1-2H3;3-6,9-10,13-17,20,22H,7-8,11-12H2,1-2H3;4-14,16H,1-3H3/q5*+1/i;;23D;22D;16D. The Morgan fingerprint density at radius 3 is 1.03 bits per heavy atom. The molecule has 19 aromatic rings. The Labute approximate surface area is 860 Å². The van der Waals surface area contributed by atoms with E-state index in [4.69, 9.17) is 1.37 Å². The van der Waals surface area contributed by atoms with E-state index < -0.39 is 17.7 Å². The molecule has 5 aromatic heterocycles. The number of allylic oxidation sites excluding steroid dienone is 5. The van der Waals surface area contributed by atoms with Gasteiger partial charge in [-0.05, 0) is 244 Å². The second-order valence-corrected chi connectivity index (χ2v) is 39.8. The van der Waals surface area contributed by atoms with E-state index in [1.807, 2.05) is 67.7 Å². The van der Waals surface area contributed by atoms with Crippen LogP contribution in [0.15, 0.2) is 425 Å². The minimum atomic E-state index is -0.914. The average molecular weight is 1890 g/mol. The number of fused-ring (bicyclic) bond motifs is 5. The van der Waals surface area contributed by atoms with Crippen LogP contribution in [0.2, 0.25) is 0 Å². The summed E-state index contributed by atoms with van der Waals surface area (Å²) in [5.41, 5.74) is 34.5. The molecule has 0 radical (unpaired) electrons. The number of rotatable bonds is 16. The Morgan fingerprint density at radius 1 is 0.290 bits per heavy atom. The van der Waals surface area contributed by atoms with Crippen molar-refractivity contribution in [2.75, 3.05) is 0 Å². The molecule has 7 aliphatic rings. The van der Waals surface area contributed by atoms with Crippen LogP contribution >= 0.6 is 0 Å². The number of para-hydroxylation sites is 5. The molecule has 145 heavy (non-hydrogen) atoms. The van der Waals surface area contributed by atoms with Crippen LogP contribution in [-0.2, 0) is 10.8 Å². The van der Waals surface area contributed by atoms with Crippen LogP contribution in [0.4, 0.5) is 0 Å². The third-order valence-electron chi connectivity index (χ3n) is 31.2. The summed E-state index contributed by atoms with van der Waals surface area (Å²) in [5, 5.41) is 0. The molecule has 2 saturated carbocycles. The van der Waals surface area contributed by atoms with Crippen molar-refractivity contribution in [2.45, 2.75) is 156 Å². The third-order valence-corrected chi connectivity index (χ3v) is 31.2. The van der Waals surface area contributed by atoms with E-state index in [0.29, 0.717) is 11.8 Å². The van der Waals surface area contributed by atoms with Crippen LogP contribution in [0.5, 0.6) is 0 Å². The van der Waals surface area contributed by atoms with Crippen LogP contribution < -0.4 is 22.8 Å². The molecule has 714 valence electrons. The molecule has 10 heteroatoms. The quantitative estimate of drug-likeness (QED) is 0.0866. The monoisotopic (exact) mass is 1890 g/mol. The molecular weight excluding hydrogens is 1760 g/mol. The Hall–Kier alpha value is -16.2. The van der Waals surface area contributed by atoms with E-state index >= 15 is 0 Å². The zero-order valence-corrected chi connectivity index (χ0v) is 85.1. The van der Waals surface area contributed by atoms with Gasteiger partial charge in [0.15, 0.2) is 45.6 Å². The lowest BCUT2D eigenvalue weighted by atomic mass is 9.67. The molecule has 5 aliphatic heterocycles. The van der Waals surface area contributed by atoms with Crippen molar-refractivity contribution in [1.29, 1.82) is 0 Å². The second kappa shape index (κ2) is 40.3. The summed E-state index contributed by atoms with van der Waals surface area (Å²) in [6.45, 7) is 23.8. The molecule has 2 aliphatic carbocycles. The third kappa shape index (κ3) is 16.7. The van der Waals surface area contributed by atoms with Crippen LogP contribution in [0.1, 0.15) is 187 Å². The number of hydrogen-bond donors (Lipinski definition) is 0. The number of aromatic nitrogens is 10. The predicted molar refractivity (Wildman–Crippen MR) is 594 cm³/mol. The summed E-state index contributed by atoms with van der Waals surface area (Å²) in [6, 6.07) is 139. The van der Waals surface area contributed by atoms with E-state index in [2.05, 4.69) is 510 Å². The molecule has 4 atom stereocenters. The lowest BCUT2D eigenvalue weighted by Gasteiger charge is -2.32. The number of nitrogens with zero attached hydrogens (tertiary/aromatic N) is 10. The summed E-state index contributed by atoms with van der Waals surface area (Å²) in [4.78, 5) is 0. The smallest absolute Gasteiger partial charge is 0.199 e. The van der Waals surface area contributed by atoms with E-state index in [9.17, 15) is 2.74 Å². The highest BCUT2D eigenvalue weighted by molar-refractivity contribution is 5.70. The van der Waals surface area contributed by atoms with Crippen molar-refractivity contribution in [1.82, 2.24) is 22.8 Å². The van der Waals surface area contributed by atoms with E-state index in [1.54, 1.807) is 0 Å². The minimum Gasteiger partial charge on any atom is -0.199 e. The summed E-state index contributed by atoms with van der Waals surface area (Å²) < 4.78 is 51.0. The first-order valence-electron chi connectivity index (χ1n) is 53.3. The van der Waals surface area contributed by atoms with Gasteiger partial charge < -0.3 is 0 Å². The lowest BCUT2D eigenvalue weighted by molar-refractivity contribution is -0.590. The van der Waals surface area contributed by atoms with Crippen LogP contribution in [0.25, 0.3) is 116 Å². The summed E-state index contributed by atoms with van der Waals surface area (Å²) >= 11 is 0. The zero-order valence-electron chi connectivity index (χ0n) is 88.1. The molecule has 0 spiro atoms. The fourth-order valence-electron chi connectivity index (χ4n) is 24.5. The van der Waals surface area contributed by atoms with E-state index in [0.717, 1.165) is 81.2 Å². The van der Waals surface area contributed by atoms with Crippen molar-refractivity contribution in [3.05, 3.63) is 532 Å². The van der Waals surface area contributed by atoms with E-state index in [1.165, 1.54) is 163 Å². The van der Waals surface area contributed by atoms with Crippen molar-refractivity contribution >= 4 is 31.0 Å².